The van der Waals surface area contributed by atoms with E-state index in [0.29, 0.717) is 11.6 Å². The van der Waals surface area contributed by atoms with E-state index in [4.69, 9.17) is 14.6 Å². The molecule has 6 nitrogen and oxygen atoms in total. The summed E-state index contributed by atoms with van der Waals surface area (Å²) in [6.07, 6.45) is 2.12. The monoisotopic (exact) mass is 576 g/mol. The minimum Gasteiger partial charge on any atom is -0.457 e. The van der Waals surface area contributed by atoms with E-state index in [2.05, 4.69) is 64.7 Å². The molecule has 0 N–H and O–H groups in total. The molecular weight excluding hydrogens is 528 g/mol. The number of nitrogens with zero attached hydrogens (tertiary/aromatic N) is 2. The number of hydrazone groups is 1. The summed E-state index contributed by atoms with van der Waals surface area (Å²) in [6, 6.07) is 20.4. The average molecular weight is 577 g/mol. The van der Waals surface area contributed by atoms with Crippen molar-refractivity contribution in [3.63, 3.8) is 0 Å². The Kier molecular flexibility index (Phi) is 8.89. The van der Waals surface area contributed by atoms with Crippen molar-refractivity contribution in [3.8, 4) is 0 Å². The van der Waals surface area contributed by atoms with Crippen molar-refractivity contribution < 1.29 is 19.1 Å². The lowest BCUT2D eigenvalue weighted by atomic mass is 9.64. The van der Waals surface area contributed by atoms with Crippen LogP contribution in [0, 0.1) is 11.8 Å². The van der Waals surface area contributed by atoms with Gasteiger partial charge in [-0.25, -0.2) is 9.59 Å². The van der Waals surface area contributed by atoms with Gasteiger partial charge < -0.3 is 9.47 Å². The molecule has 1 heterocycles. The van der Waals surface area contributed by atoms with Crippen LogP contribution in [0.15, 0.2) is 65.8 Å². The molecule has 1 aliphatic carbocycles. The van der Waals surface area contributed by atoms with Gasteiger partial charge in [-0.1, -0.05) is 107 Å². The lowest BCUT2D eigenvalue weighted by Crippen LogP contribution is -2.53. The molecule has 2 aromatic rings. The molecule has 0 unspecified atom stereocenters. The summed E-state index contributed by atoms with van der Waals surface area (Å²) >= 11 is 0. The zero-order valence-electron chi connectivity index (χ0n) is 26.3. The predicted molar refractivity (Wildman–Crippen MR) is 168 cm³/mol. The summed E-state index contributed by atoms with van der Waals surface area (Å²) < 4.78 is 12.3. The first-order valence-electron chi connectivity index (χ1n) is 15.0. The topological polar surface area (TPSA) is 68.2 Å². The highest BCUT2D eigenvalue weighted by Gasteiger charge is 2.52. The molecule has 1 aliphatic heterocycles. The van der Waals surface area contributed by atoms with Crippen LogP contribution in [-0.2, 0) is 19.7 Å². The van der Waals surface area contributed by atoms with Crippen LogP contribution in [0.4, 0.5) is 4.79 Å². The van der Waals surface area contributed by atoms with Gasteiger partial charge >= 0.3 is 12.1 Å². The van der Waals surface area contributed by atoms with E-state index >= 15 is 0 Å². The maximum absolute atomic E-state index is 14.2. The number of amides is 1. The van der Waals surface area contributed by atoms with E-state index in [1.165, 1.54) is 10.6 Å². The third-order valence-corrected chi connectivity index (χ3v) is 11.0. The summed E-state index contributed by atoms with van der Waals surface area (Å²) in [5, 5.41) is 6.19. The van der Waals surface area contributed by atoms with Crippen LogP contribution < -0.4 is 0 Å². The number of rotatable bonds is 6. The highest BCUT2D eigenvalue weighted by Crippen LogP contribution is 2.44. The minimum absolute atomic E-state index is 0.164. The number of benzene rings is 2. The van der Waals surface area contributed by atoms with Gasteiger partial charge in [0.15, 0.2) is 5.71 Å². The lowest BCUT2D eigenvalue weighted by Gasteiger charge is -2.44. The summed E-state index contributed by atoms with van der Waals surface area (Å²) in [5.41, 5.74) is 1.35. The number of hydrogen-bond donors (Lipinski definition) is 0. The van der Waals surface area contributed by atoms with Gasteiger partial charge in [0, 0.05) is 5.92 Å². The minimum atomic E-state index is -2.11. The van der Waals surface area contributed by atoms with E-state index < -0.39 is 25.7 Å². The smallest absolute Gasteiger partial charge is 0.430 e. The molecule has 0 radical (unpaired) electrons. The third kappa shape index (κ3) is 6.94. The first-order valence-corrected chi connectivity index (χ1v) is 18.6. The molecule has 41 heavy (non-hydrogen) atoms. The summed E-state index contributed by atoms with van der Waals surface area (Å²) in [7, 11) is -2.11. The molecular formula is C34H48N2O4Si. The second kappa shape index (κ2) is 11.7. The van der Waals surface area contributed by atoms with Crippen LogP contribution in [0.3, 0.4) is 0 Å². The molecule has 5 atom stereocenters. The van der Waals surface area contributed by atoms with Gasteiger partial charge in [0.25, 0.3) is 0 Å². The third-order valence-electron chi connectivity index (χ3n) is 8.68. The van der Waals surface area contributed by atoms with Crippen molar-refractivity contribution in [1.29, 1.82) is 0 Å². The quantitative estimate of drug-likeness (QED) is 0.258. The van der Waals surface area contributed by atoms with Crippen molar-refractivity contribution in [1.82, 2.24) is 5.01 Å². The Morgan fingerprint density at radius 1 is 0.902 bits per heavy atom. The molecule has 1 saturated carbocycles. The van der Waals surface area contributed by atoms with E-state index in [9.17, 15) is 9.59 Å². The molecule has 0 aromatic heterocycles. The number of carbonyl (C=O) groups is 2. The molecule has 4 rings (SSSR count). The lowest BCUT2D eigenvalue weighted by molar-refractivity contribution is -0.148. The van der Waals surface area contributed by atoms with Crippen molar-refractivity contribution in [3.05, 3.63) is 71.8 Å². The summed E-state index contributed by atoms with van der Waals surface area (Å²) in [4.78, 5) is 27.7. The fourth-order valence-corrected chi connectivity index (χ4v) is 8.84. The zero-order valence-corrected chi connectivity index (χ0v) is 27.3. The SMILES string of the molecule is C[C@@H]1CC[C@@H](C(C)(C)c2ccccc2)[C@H](OC(=O)C2=NN(C(=O)OC(C)(C)C)[C@@H]([Si](C)(C)C)[C@@H]2c2ccccc2)C1. The Hall–Kier alpha value is -2.93. The van der Waals surface area contributed by atoms with Gasteiger partial charge in [-0.3, -0.25) is 0 Å². The van der Waals surface area contributed by atoms with Crippen molar-refractivity contribution >= 4 is 25.8 Å². The van der Waals surface area contributed by atoms with Crippen LogP contribution in [0.2, 0.25) is 19.6 Å². The molecule has 2 aromatic carbocycles. The predicted octanol–water partition coefficient (Wildman–Crippen LogP) is 7.95. The first-order chi connectivity index (χ1) is 19.1. The van der Waals surface area contributed by atoms with Crippen molar-refractivity contribution in [2.75, 3.05) is 0 Å². The molecule has 222 valence electrons. The first kappa shape index (κ1) is 31.0. The van der Waals surface area contributed by atoms with Gasteiger partial charge in [0.2, 0.25) is 0 Å². The van der Waals surface area contributed by atoms with Crippen LogP contribution in [0.5, 0.6) is 0 Å². The Balaban J connectivity index is 1.72. The normalized spacial score (nSPS) is 25.4. The summed E-state index contributed by atoms with van der Waals surface area (Å²) in [5.74, 6) is -0.193. The highest BCUT2D eigenvalue weighted by molar-refractivity contribution is 6.78. The van der Waals surface area contributed by atoms with E-state index in [1.54, 1.807) is 0 Å². The Morgan fingerprint density at radius 2 is 1.49 bits per heavy atom. The number of hydrogen-bond acceptors (Lipinski definition) is 5. The molecule has 0 bridgehead atoms. The average Bonchev–Trinajstić information content (AvgIpc) is 3.31. The van der Waals surface area contributed by atoms with Crippen molar-refractivity contribution in [2.24, 2.45) is 16.9 Å². The highest BCUT2D eigenvalue weighted by atomic mass is 28.3. The second-order valence-corrected chi connectivity index (χ2v) is 19.9. The van der Waals surface area contributed by atoms with Gasteiger partial charge in [-0.15, -0.1) is 0 Å². The zero-order chi connectivity index (χ0) is 30.2. The number of carbonyl (C=O) groups excluding carboxylic acids is 2. The van der Waals surface area contributed by atoms with Crippen LogP contribution in [0.25, 0.3) is 0 Å². The molecule has 1 fully saturated rings. The summed E-state index contributed by atoms with van der Waals surface area (Å²) in [6.45, 7) is 18.9. The maximum Gasteiger partial charge on any atom is 0.430 e. The van der Waals surface area contributed by atoms with Crippen LogP contribution in [0.1, 0.15) is 77.8 Å². The molecule has 2 aliphatic rings. The van der Waals surface area contributed by atoms with Gasteiger partial charge in [0.1, 0.15) is 11.7 Å². The fraction of sp³-hybridized carbons (Fsp3) is 0.559. The van der Waals surface area contributed by atoms with E-state index in [1.807, 2.05) is 57.2 Å². The van der Waals surface area contributed by atoms with Gasteiger partial charge in [0.05, 0.1) is 19.7 Å². The largest absolute Gasteiger partial charge is 0.457 e. The van der Waals surface area contributed by atoms with Gasteiger partial charge in [-0.05, 0) is 56.1 Å². The van der Waals surface area contributed by atoms with Crippen LogP contribution >= 0.6 is 0 Å². The van der Waals surface area contributed by atoms with Crippen LogP contribution in [-0.4, -0.2) is 48.2 Å². The number of esters is 1. The Labute approximate surface area is 247 Å². The molecule has 1 amide bonds. The van der Waals surface area contributed by atoms with E-state index in [0.717, 1.165) is 24.8 Å². The van der Waals surface area contributed by atoms with Gasteiger partial charge in [-0.2, -0.15) is 10.1 Å². The second-order valence-electron chi connectivity index (χ2n) is 14.6. The fourth-order valence-electron chi connectivity index (χ4n) is 6.59. The molecule has 0 spiro atoms. The number of ether oxygens (including phenoxy) is 2. The van der Waals surface area contributed by atoms with Crippen molar-refractivity contribution in [2.45, 2.75) is 109 Å². The van der Waals surface area contributed by atoms with E-state index in [-0.39, 0.29) is 29.0 Å². The maximum atomic E-state index is 14.2. The molecule has 7 heteroatoms. The Morgan fingerprint density at radius 3 is 2.05 bits per heavy atom. The standard InChI is InChI=1S/C34H48N2O4Si/c1-23-20-21-26(34(5,6)25-18-14-11-15-19-25)27(22-23)39-31(37)29-28(24-16-12-10-13-17-24)30(41(7,8)9)36(35-29)32(38)40-33(2,3)4/h10-19,23,26-28,30H,20-22H2,1-9H3/t23-,26-,27-,28-,30+/m1/s1. The molecule has 0 saturated heterocycles. The Bertz CT molecular complexity index is 1250.